The number of hydrogen-bond acceptors (Lipinski definition) is 4. The number of carbonyl (C=O) groups is 2. The number of Topliss-reactive ketones (excluding diaryl/α,β-unsaturated/α-hetero) is 1. The van der Waals surface area contributed by atoms with Gasteiger partial charge in [-0.3, -0.25) is 9.59 Å². The van der Waals surface area contributed by atoms with E-state index in [9.17, 15) is 9.59 Å². The summed E-state index contributed by atoms with van der Waals surface area (Å²) < 4.78 is 5.41. The molecule has 22 heavy (non-hydrogen) atoms. The fourth-order valence-corrected chi connectivity index (χ4v) is 2.09. The predicted molar refractivity (Wildman–Crippen MR) is 84.3 cm³/mol. The molecule has 0 aliphatic carbocycles. The number of rotatable bonds is 7. The number of benzene rings is 2. The summed E-state index contributed by atoms with van der Waals surface area (Å²) >= 11 is 0. The van der Waals surface area contributed by atoms with Crippen LogP contribution in [0.3, 0.4) is 0 Å². The van der Waals surface area contributed by atoms with E-state index in [0.29, 0.717) is 24.1 Å². The predicted octanol–water partition coefficient (Wildman–Crippen LogP) is 2.89. The van der Waals surface area contributed by atoms with Crippen molar-refractivity contribution >= 4 is 11.8 Å². The third-order valence-electron chi connectivity index (χ3n) is 3.23. The van der Waals surface area contributed by atoms with Gasteiger partial charge in [-0.2, -0.15) is 0 Å². The van der Waals surface area contributed by atoms with Crippen LogP contribution in [0.25, 0.3) is 0 Å². The molecule has 0 aliphatic rings. The fourth-order valence-electron chi connectivity index (χ4n) is 2.09. The Hall–Kier alpha value is -2.46. The van der Waals surface area contributed by atoms with Crippen molar-refractivity contribution in [3.8, 4) is 0 Å². The third kappa shape index (κ3) is 4.27. The molecule has 0 saturated heterocycles. The first-order chi connectivity index (χ1) is 10.7. The summed E-state index contributed by atoms with van der Waals surface area (Å²) in [7, 11) is 0. The third-order valence-corrected chi connectivity index (χ3v) is 3.23. The Morgan fingerprint density at radius 2 is 1.55 bits per heavy atom. The number of ether oxygens (including phenoxy) is 1. The van der Waals surface area contributed by atoms with E-state index in [1.807, 2.05) is 24.3 Å². The van der Waals surface area contributed by atoms with Gasteiger partial charge in [0.2, 0.25) is 5.78 Å². The van der Waals surface area contributed by atoms with Crippen molar-refractivity contribution in [1.82, 2.24) is 0 Å². The highest BCUT2D eigenvalue weighted by molar-refractivity contribution is 6.00. The van der Waals surface area contributed by atoms with E-state index in [1.54, 1.807) is 36.4 Å². The second-order valence-electron chi connectivity index (χ2n) is 4.90. The van der Waals surface area contributed by atoms with Crippen LogP contribution in [-0.2, 0) is 9.53 Å². The molecule has 2 rings (SSSR count). The maximum atomic E-state index is 12.7. The topological polar surface area (TPSA) is 69.4 Å². The zero-order chi connectivity index (χ0) is 15.8. The van der Waals surface area contributed by atoms with Crippen molar-refractivity contribution in [2.75, 3.05) is 6.54 Å². The molecule has 2 N–H and O–H groups in total. The first-order valence-corrected chi connectivity index (χ1v) is 7.26. The van der Waals surface area contributed by atoms with Gasteiger partial charge in [-0.1, -0.05) is 60.7 Å². The summed E-state index contributed by atoms with van der Waals surface area (Å²) in [5.74, 6) is -0.642. The summed E-state index contributed by atoms with van der Waals surface area (Å²) in [5.41, 5.74) is 6.58. The lowest BCUT2D eigenvalue weighted by Gasteiger charge is -2.17. The minimum atomic E-state index is -0.922. The first-order valence-electron chi connectivity index (χ1n) is 7.26. The van der Waals surface area contributed by atoms with Crippen LogP contribution in [0.5, 0.6) is 0 Å². The van der Waals surface area contributed by atoms with Gasteiger partial charge < -0.3 is 10.5 Å². The molecular weight excluding hydrogens is 278 g/mol. The van der Waals surface area contributed by atoms with E-state index in [1.165, 1.54) is 0 Å². The van der Waals surface area contributed by atoms with Crippen LogP contribution in [0.4, 0.5) is 0 Å². The fraction of sp³-hybridized carbons (Fsp3) is 0.222. The molecule has 0 radical (unpaired) electrons. The van der Waals surface area contributed by atoms with E-state index in [2.05, 4.69) is 0 Å². The van der Waals surface area contributed by atoms with Gasteiger partial charge in [0.1, 0.15) is 0 Å². The number of nitrogens with two attached hydrogens (primary N) is 1. The summed E-state index contributed by atoms with van der Waals surface area (Å²) in [4.78, 5) is 24.5. The average Bonchev–Trinajstić information content (AvgIpc) is 2.59. The van der Waals surface area contributed by atoms with Crippen molar-refractivity contribution in [1.29, 1.82) is 0 Å². The Morgan fingerprint density at radius 3 is 2.14 bits per heavy atom. The molecular formula is C18H19NO3. The monoisotopic (exact) mass is 297 g/mol. The van der Waals surface area contributed by atoms with Gasteiger partial charge in [0.05, 0.1) is 0 Å². The molecule has 0 aromatic heterocycles. The number of ketones is 1. The van der Waals surface area contributed by atoms with E-state index < -0.39 is 12.1 Å². The lowest BCUT2D eigenvalue weighted by atomic mass is 10.00. The molecule has 4 heteroatoms. The van der Waals surface area contributed by atoms with Crippen LogP contribution in [0.15, 0.2) is 60.7 Å². The van der Waals surface area contributed by atoms with Gasteiger partial charge in [0, 0.05) is 17.5 Å². The second-order valence-corrected chi connectivity index (χ2v) is 4.90. The molecule has 0 spiro atoms. The molecule has 2 aromatic rings. The van der Waals surface area contributed by atoms with Crippen molar-refractivity contribution in [2.45, 2.75) is 18.9 Å². The number of esters is 1. The smallest absolute Gasteiger partial charge is 0.306 e. The molecule has 0 heterocycles. The summed E-state index contributed by atoms with van der Waals surface area (Å²) in [5, 5.41) is 0. The quantitative estimate of drug-likeness (QED) is 0.630. The van der Waals surface area contributed by atoms with Crippen LogP contribution in [0.2, 0.25) is 0 Å². The highest BCUT2D eigenvalue weighted by atomic mass is 16.5. The molecule has 0 bridgehead atoms. The largest absolute Gasteiger partial charge is 0.449 e. The zero-order valence-corrected chi connectivity index (χ0v) is 12.3. The van der Waals surface area contributed by atoms with Gasteiger partial charge in [-0.15, -0.1) is 0 Å². The SMILES string of the molecule is NCCCC(=O)OC(C(=O)c1ccccc1)c1ccccc1. The first kappa shape index (κ1) is 15.9. The average molecular weight is 297 g/mol. The normalized spacial score (nSPS) is 11.7. The van der Waals surface area contributed by atoms with Gasteiger partial charge in [0.15, 0.2) is 6.10 Å². The summed E-state index contributed by atoms with van der Waals surface area (Å²) in [6.07, 6.45) is -0.171. The van der Waals surface area contributed by atoms with E-state index >= 15 is 0 Å². The van der Waals surface area contributed by atoms with E-state index in [0.717, 1.165) is 0 Å². The zero-order valence-electron chi connectivity index (χ0n) is 12.3. The maximum absolute atomic E-state index is 12.7. The van der Waals surface area contributed by atoms with Crippen LogP contribution in [0, 0.1) is 0 Å². The highest BCUT2D eigenvalue weighted by Gasteiger charge is 2.25. The Bertz CT molecular complexity index is 611. The molecule has 4 nitrogen and oxygen atoms in total. The molecule has 0 aliphatic heterocycles. The Balaban J connectivity index is 2.22. The molecule has 1 atom stereocenters. The maximum Gasteiger partial charge on any atom is 0.306 e. The van der Waals surface area contributed by atoms with Crippen LogP contribution in [0.1, 0.15) is 34.9 Å². The summed E-state index contributed by atoms with van der Waals surface area (Å²) in [6.45, 7) is 0.414. The molecule has 2 aromatic carbocycles. The van der Waals surface area contributed by atoms with E-state index in [4.69, 9.17) is 10.5 Å². The van der Waals surface area contributed by atoms with E-state index in [-0.39, 0.29) is 12.2 Å². The Kier molecular flexibility index (Phi) is 5.86. The molecule has 114 valence electrons. The van der Waals surface area contributed by atoms with Gasteiger partial charge in [-0.25, -0.2) is 0 Å². The molecule has 0 amide bonds. The van der Waals surface area contributed by atoms with Crippen LogP contribution < -0.4 is 5.73 Å². The second kappa shape index (κ2) is 8.10. The standard InChI is InChI=1S/C18H19NO3/c19-13-7-12-16(20)22-18(15-10-5-2-6-11-15)17(21)14-8-3-1-4-9-14/h1-6,8-11,18H,7,12-13,19H2. The van der Waals surface area contributed by atoms with Crippen molar-refractivity contribution in [2.24, 2.45) is 5.73 Å². The van der Waals surface area contributed by atoms with Crippen molar-refractivity contribution in [3.63, 3.8) is 0 Å². The van der Waals surface area contributed by atoms with Crippen LogP contribution >= 0.6 is 0 Å². The lowest BCUT2D eigenvalue weighted by molar-refractivity contribution is -0.147. The minimum Gasteiger partial charge on any atom is -0.449 e. The number of carbonyl (C=O) groups excluding carboxylic acids is 2. The van der Waals surface area contributed by atoms with Gasteiger partial charge >= 0.3 is 5.97 Å². The molecule has 0 fully saturated rings. The molecule has 0 saturated carbocycles. The Labute approximate surface area is 129 Å². The van der Waals surface area contributed by atoms with Crippen molar-refractivity contribution in [3.05, 3.63) is 71.8 Å². The molecule has 1 unspecified atom stereocenters. The number of hydrogen-bond donors (Lipinski definition) is 1. The highest BCUT2D eigenvalue weighted by Crippen LogP contribution is 2.23. The lowest BCUT2D eigenvalue weighted by Crippen LogP contribution is -2.20. The Morgan fingerprint density at radius 1 is 0.955 bits per heavy atom. The van der Waals surface area contributed by atoms with Gasteiger partial charge in [0.25, 0.3) is 0 Å². The van der Waals surface area contributed by atoms with Crippen molar-refractivity contribution < 1.29 is 14.3 Å². The summed E-state index contributed by atoms with van der Waals surface area (Å²) in [6, 6.07) is 17.9. The minimum absolute atomic E-state index is 0.210. The van der Waals surface area contributed by atoms with Crippen LogP contribution in [-0.4, -0.2) is 18.3 Å². The van der Waals surface area contributed by atoms with Gasteiger partial charge in [-0.05, 0) is 13.0 Å².